The van der Waals surface area contributed by atoms with E-state index in [9.17, 15) is 19.5 Å². The number of carbonyl (C=O) groups is 3. The maximum Gasteiger partial charge on any atom is 0.341 e. The fourth-order valence-corrected chi connectivity index (χ4v) is 5.04. The first kappa shape index (κ1) is 20.6. The molecule has 0 fully saturated rings. The molecule has 0 bridgehead atoms. The predicted molar refractivity (Wildman–Crippen MR) is 105 cm³/mol. The zero-order valence-electron chi connectivity index (χ0n) is 16.3. The van der Waals surface area contributed by atoms with E-state index in [2.05, 4.69) is 5.32 Å². The Morgan fingerprint density at radius 1 is 1.21 bits per heavy atom. The summed E-state index contributed by atoms with van der Waals surface area (Å²) in [6, 6.07) is 0. The van der Waals surface area contributed by atoms with Crippen molar-refractivity contribution in [2.24, 2.45) is 11.8 Å². The molecule has 1 heterocycles. The lowest BCUT2D eigenvalue weighted by Gasteiger charge is -2.28. The maximum atomic E-state index is 12.9. The molecule has 1 aromatic heterocycles. The molecular formula is C21H26NO5S-. The van der Waals surface area contributed by atoms with E-state index < -0.39 is 23.8 Å². The first-order valence-electron chi connectivity index (χ1n) is 9.94. The molecule has 0 saturated heterocycles. The van der Waals surface area contributed by atoms with Crippen LogP contribution in [0.2, 0.25) is 0 Å². The van der Waals surface area contributed by atoms with Crippen molar-refractivity contribution in [2.75, 3.05) is 5.32 Å². The summed E-state index contributed by atoms with van der Waals surface area (Å²) in [5.74, 6) is -3.56. The average molecular weight is 405 g/mol. The number of aliphatic carboxylic acids is 1. The van der Waals surface area contributed by atoms with Crippen molar-refractivity contribution in [2.45, 2.75) is 64.9 Å². The van der Waals surface area contributed by atoms with Gasteiger partial charge in [0.05, 0.1) is 17.6 Å². The van der Waals surface area contributed by atoms with E-state index in [1.54, 1.807) is 6.08 Å². The number of carboxylic acids is 1. The third kappa shape index (κ3) is 4.29. The third-order valence-electron chi connectivity index (χ3n) is 5.57. The molecule has 0 unspecified atom stereocenters. The number of hydrogen-bond acceptors (Lipinski definition) is 6. The molecule has 2 aliphatic rings. The predicted octanol–water partition coefficient (Wildman–Crippen LogP) is 2.85. The van der Waals surface area contributed by atoms with Gasteiger partial charge in [0, 0.05) is 16.8 Å². The second-order valence-corrected chi connectivity index (χ2v) is 8.61. The molecule has 3 rings (SSSR count). The molecule has 0 radical (unpaired) electrons. The quantitative estimate of drug-likeness (QED) is 0.581. The van der Waals surface area contributed by atoms with Gasteiger partial charge in [0.1, 0.15) is 5.00 Å². The van der Waals surface area contributed by atoms with Crippen molar-refractivity contribution >= 4 is 34.2 Å². The number of nitrogens with one attached hydrogen (secondary N) is 1. The van der Waals surface area contributed by atoms with Gasteiger partial charge in [-0.1, -0.05) is 19.1 Å². The van der Waals surface area contributed by atoms with Crippen LogP contribution in [0.4, 0.5) is 5.00 Å². The van der Waals surface area contributed by atoms with E-state index in [4.69, 9.17) is 4.74 Å². The van der Waals surface area contributed by atoms with Crippen LogP contribution in [0.5, 0.6) is 0 Å². The Morgan fingerprint density at radius 3 is 2.57 bits per heavy atom. The highest BCUT2D eigenvalue weighted by atomic mass is 32.1. The van der Waals surface area contributed by atoms with E-state index in [1.807, 2.05) is 19.9 Å². The molecule has 1 amide bonds. The summed E-state index contributed by atoms with van der Waals surface area (Å²) in [4.78, 5) is 38.2. The van der Waals surface area contributed by atoms with E-state index in [1.165, 1.54) is 11.3 Å². The van der Waals surface area contributed by atoms with Gasteiger partial charge in [-0.3, -0.25) is 4.79 Å². The van der Waals surface area contributed by atoms with Gasteiger partial charge in [0.25, 0.3) is 0 Å². The zero-order valence-corrected chi connectivity index (χ0v) is 17.1. The molecule has 6 nitrogen and oxygen atoms in total. The fraction of sp³-hybridized carbons (Fsp3) is 0.571. The number of fused-ring (bicyclic) bond motifs is 1. The summed E-state index contributed by atoms with van der Waals surface area (Å²) in [6.45, 7) is 3.79. The molecule has 152 valence electrons. The third-order valence-corrected chi connectivity index (χ3v) is 6.77. The number of aryl methyl sites for hydroxylation is 1. The summed E-state index contributed by atoms with van der Waals surface area (Å²) in [6.07, 6.45) is 8.45. The van der Waals surface area contributed by atoms with Gasteiger partial charge in [-0.2, -0.15) is 0 Å². The first-order valence-corrected chi connectivity index (χ1v) is 10.8. The monoisotopic (exact) mass is 404 g/mol. The van der Waals surface area contributed by atoms with Crippen molar-refractivity contribution < 1.29 is 24.2 Å². The van der Waals surface area contributed by atoms with Gasteiger partial charge in [0.15, 0.2) is 0 Å². The van der Waals surface area contributed by atoms with Crippen LogP contribution in [0, 0.1) is 11.8 Å². The number of thiophene rings is 1. The summed E-state index contributed by atoms with van der Waals surface area (Å²) >= 11 is 1.41. The molecule has 0 aliphatic heterocycles. The average Bonchev–Trinajstić information content (AvgIpc) is 3.05. The fourth-order valence-electron chi connectivity index (χ4n) is 3.76. The molecule has 7 heteroatoms. The summed E-state index contributed by atoms with van der Waals surface area (Å²) < 4.78 is 5.54. The van der Waals surface area contributed by atoms with Crippen molar-refractivity contribution in [1.82, 2.24) is 0 Å². The van der Waals surface area contributed by atoms with Crippen molar-refractivity contribution in [3.8, 4) is 0 Å². The number of carbonyl (C=O) groups excluding carboxylic acids is 3. The van der Waals surface area contributed by atoms with Crippen LogP contribution in [0.1, 0.15) is 66.8 Å². The normalized spacial score (nSPS) is 22.2. The van der Waals surface area contributed by atoms with Crippen LogP contribution in [-0.4, -0.2) is 23.9 Å². The minimum Gasteiger partial charge on any atom is -0.550 e. The highest BCUT2D eigenvalue weighted by Gasteiger charge is 2.33. The molecule has 1 aromatic rings. The van der Waals surface area contributed by atoms with Gasteiger partial charge >= 0.3 is 5.97 Å². The lowest BCUT2D eigenvalue weighted by atomic mass is 9.82. The number of ether oxygens (including phenoxy) is 1. The lowest BCUT2D eigenvalue weighted by Crippen LogP contribution is -2.41. The van der Waals surface area contributed by atoms with E-state index in [0.29, 0.717) is 23.4 Å². The Labute approximate surface area is 169 Å². The number of esters is 1. The van der Waals surface area contributed by atoms with Crippen molar-refractivity contribution in [1.29, 1.82) is 0 Å². The van der Waals surface area contributed by atoms with Crippen molar-refractivity contribution in [3.63, 3.8) is 0 Å². The highest BCUT2D eigenvalue weighted by molar-refractivity contribution is 7.17. The molecule has 0 aromatic carbocycles. The molecule has 0 spiro atoms. The molecule has 1 N–H and O–H groups in total. The van der Waals surface area contributed by atoms with Crippen LogP contribution in [0.15, 0.2) is 12.2 Å². The molecular weight excluding hydrogens is 378 g/mol. The van der Waals surface area contributed by atoms with Gasteiger partial charge in [0.2, 0.25) is 5.91 Å². The Bertz CT molecular complexity index is 797. The minimum atomic E-state index is -1.22. The van der Waals surface area contributed by atoms with E-state index in [0.717, 1.165) is 36.1 Å². The van der Waals surface area contributed by atoms with E-state index in [-0.39, 0.29) is 18.4 Å². The molecule has 0 saturated carbocycles. The highest BCUT2D eigenvalue weighted by Crippen LogP contribution is 2.39. The zero-order chi connectivity index (χ0) is 20.3. The van der Waals surface area contributed by atoms with Crippen LogP contribution in [0.3, 0.4) is 0 Å². The number of amides is 1. The Hall–Kier alpha value is -2.15. The van der Waals surface area contributed by atoms with Crippen LogP contribution >= 0.6 is 11.3 Å². The smallest absolute Gasteiger partial charge is 0.341 e. The Kier molecular flexibility index (Phi) is 6.54. The summed E-state index contributed by atoms with van der Waals surface area (Å²) in [7, 11) is 0. The topological polar surface area (TPSA) is 95.5 Å². The summed E-state index contributed by atoms with van der Waals surface area (Å²) in [5.41, 5.74) is 1.42. The number of allylic oxidation sites excluding steroid dienone is 2. The van der Waals surface area contributed by atoms with Crippen LogP contribution in [-0.2, 0) is 27.2 Å². The molecule has 28 heavy (non-hydrogen) atoms. The van der Waals surface area contributed by atoms with Gasteiger partial charge < -0.3 is 20.0 Å². The minimum absolute atomic E-state index is 0.207. The number of carboxylic acid groups (broad SMARTS) is 1. The lowest BCUT2D eigenvalue weighted by molar-refractivity contribution is -0.313. The second-order valence-electron chi connectivity index (χ2n) is 7.50. The molecule has 3 atom stereocenters. The largest absolute Gasteiger partial charge is 0.550 e. The van der Waals surface area contributed by atoms with Crippen LogP contribution < -0.4 is 10.4 Å². The van der Waals surface area contributed by atoms with Gasteiger partial charge in [-0.25, -0.2) is 4.79 Å². The number of anilines is 1. The summed E-state index contributed by atoms with van der Waals surface area (Å²) in [5, 5.41) is 14.7. The number of hydrogen-bond donors (Lipinski definition) is 1. The van der Waals surface area contributed by atoms with Crippen LogP contribution in [0.25, 0.3) is 0 Å². The second kappa shape index (κ2) is 8.90. The van der Waals surface area contributed by atoms with E-state index >= 15 is 0 Å². The number of rotatable bonds is 6. The Balaban J connectivity index is 1.87. The molecule has 2 aliphatic carbocycles. The SMILES string of the molecule is CC[C@H](C)OC(=O)c1c(NC(=O)[C@H]2CC=CC[C@@H]2C(=O)[O-])sc2c1CCCC2. The van der Waals surface area contributed by atoms with Gasteiger partial charge in [-0.05, 0) is 57.4 Å². The van der Waals surface area contributed by atoms with Crippen molar-refractivity contribution in [3.05, 3.63) is 28.2 Å². The standard InChI is InChI=1S/C21H27NO5S/c1-3-12(2)27-21(26)17-15-10-6-7-11-16(15)28-19(17)22-18(23)13-8-4-5-9-14(13)20(24)25/h4-5,12-14H,3,6-11H2,1-2H3,(H,22,23)(H,24,25)/p-1/t12-,13-,14-/m0/s1. The maximum absolute atomic E-state index is 12.9. The Morgan fingerprint density at radius 2 is 1.89 bits per heavy atom. The first-order chi connectivity index (χ1) is 13.4. The van der Waals surface area contributed by atoms with Gasteiger partial charge in [-0.15, -0.1) is 11.3 Å².